The van der Waals surface area contributed by atoms with Crippen molar-refractivity contribution in [2.24, 2.45) is 5.73 Å². The van der Waals surface area contributed by atoms with E-state index in [1.54, 1.807) is 0 Å². The van der Waals surface area contributed by atoms with E-state index in [0.717, 1.165) is 6.07 Å². The molecule has 0 unspecified atom stereocenters. The van der Waals surface area contributed by atoms with Gasteiger partial charge in [0.15, 0.2) is 5.58 Å². The van der Waals surface area contributed by atoms with Crippen LogP contribution in [0.4, 0.5) is 8.78 Å². The molecule has 3 rings (SSSR count). The highest BCUT2D eigenvalue weighted by Crippen LogP contribution is 2.46. The van der Waals surface area contributed by atoms with Crippen LogP contribution in [-0.2, 0) is 5.54 Å². The zero-order valence-electron chi connectivity index (χ0n) is 7.76. The fourth-order valence-corrected chi connectivity index (χ4v) is 1.79. The lowest BCUT2D eigenvalue weighted by Crippen LogP contribution is -2.22. The van der Waals surface area contributed by atoms with Crippen molar-refractivity contribution >= 4 is 11.0 Å². The number of hydrogen-bond acceptors (Lipinski definition) is 3. The summed E-state index contributed by atoms with van der Waals surface area (Å²) < 4.78 is 32.2. The lowest BCUT2D eigenvalue weighted by atomic mass is 10.0. The van der Waals surface area contributed by atoms with E-state index in [4.69, 9.17) is 10.3 Å². The average Bonchev–Trinajstić information content (AvgIpc) is 2.75. The maximum Gasteiger partial charge on any atom is 0.172 e. The minimum Gasteiger partial charge on any atom is -0.356 e. The topological polar surface area (TPSA) is 52.0 Å². The first-order valence-electron chi connectivity index (χ1n) is 4.63. The Labute approximate surface area is 83.8 Å². The minimum atomic E-state index is -0.834. The fourth-order valence-electron chi connectivity index (χ4n) is 1.79. The summed E-state index contributed by atoms with van der Waals surface area (Å²) in [5, 5.41) is 3.61. The molecule has 2 aromatic rings. The molecule has 5 heteroatoms. The molecule has 0 saturated heterocycles. The second-order valence-corrected chi connectivity index (χ2v) is 3.94. The molecule has 1 aliphatic rings. The van der Waals surface area contributed by atoms with E-state index < -0.39 is 17.2 Å². The first-order chi connectivity index (χ1) is 7.12. The average molecular weight is 210 g/mol. The molecular formula is C10H8F2N2O. The molecule has 0 amide bonds. The second kappa shape index (κ2) is 2.55. The van der Waals surface area contributed by atoms with Crippen molar-refractivity contribution in [1.82, 2.24) is 5.16 Å². The van der Waals surface area contributed by atoms with Crippen molar-refractivity contribution in [2.75, 3.05) is 0 Å². The van der Waals surface area contributed by atoms with Gasteiger partial charge in [-0.3, -0.25) is 0 Å². The summed E-state index contributed by atoms with van der Waals surface area (Å²) in [6.07, 6.45) is 2.45. The van der Waals surface area contributed by atoms with Crippen LogP contribution in [-0.4, -0.2) is 5.16 Å². The maximum absolute atomic E-state index is 13.9. The Morgan fingerprint density at radius 2 is 2.13 bits per heavy atom. The number of rotatable bonds is 1. The Morgan fingerprint density at radius 3 is 2.80 bits per heavy atom. The van der Waals surface area contributed by atoms with Gasteiger partial charge in [-0.15, -0.1) is 0 Å². The normalized spacial score (nSPS) is 18.3. The molecule has 1 aromatic carbocycles. The Bertz CT molecular complexity index is 546. The van der Waals surface area contributed by atoms with E-state index in [1.165, 1.54) is 6.20 Å². The third-order valence-electron chi connectivity index (χ3n) is 2.84. The number of benzene rings is 1. The summed E-state index contributed by atoms with van der Waals surface area (Å²) in [6, 6.07) is 1.13. The van der Waals surface area contributed by atoms with E-state index in [-0.39, 0.29) is 16.5 Å². The van der Waals surface area contributed by atoms with Gasteiger partial charge in [-0.05, 0) is 12.8 Å². The van der Waals surface area contributed by atoms with Gasteiger partial charge in [-0.25, -0.2) is 8.78 Å². The third-order valence-corrected chi connectivity index (χ3v) is 2.84. The maximum atomic E-state index is 13.9. The molecule has 1 heterocycles. The molecule has 1 aliphatic carbocycles. The Hall–Kier alpha value is -1.49. The number of fused-ring (bicyclic) bond motifs is 1. The van der Waals surface area contributed by atoms with Gasteiger partial charge in [0.05, 0.1) is 11.6 Å². The summed E-state index contributed by atoms with van der Waals surface area (Å²) in [7, 11) is 0. The van der Waals surface area contributed by atoms with Crippen molar-refractivity contribution in [1.29, 1.82) is 0 Å². The molecule has 1 saturated carbocycles. The summed E-state index contributed by atoms with van der Waals surface area (Å²) >= 11 is 0. The highest BCUT2D eigenvalue weighted by Gasteiger charge is 2.45. The highest BCUT2D eigenvalue weighted by molar-refractivity contribution is 5.78. The molecule has 0 bridgehead atoms. The van der Waals surface area contributed by atoms with Crippen LogP contribution in [0.25, 0.3) is 11.0 Å². The van der Waals surface area contributed by atoms with Gasteiger partial charge in [0.25, 0.3) is 0 Å². The quantitative estimate of drug-likeness (QED) is 0.783. The smallest absolute Gasteiger partial charge is 0.172 e. The van der Waals surface area contributed by atoms with Crippen LogP contribution in [0, 0.1) is 11.6 Å². The standard InChI is InChI=1S/C10H8F2N2O/c11-6-3-7-5(4-14-15-7)9(12)8(6)10(13)1-2-10/h3-4H,1-2,13H2. The van der Waals surface area contributed by atoms with Crippen LogP contribution in [0.3, 0.4) is 0 Å². The zero-order valence-corrected chi connectivity index (χ0v) is 7.76. The van der Waals surface area contributed by atoms with E-state index in [1.807, 2.05) is 0 Å². The first-order valence-corrected chi connectivity index (χ1v) is 4.63. The third kappa shape index (κ3) is 1.10. The number of hydrogen-bond donors (Lipinski definition) is 1. The lowest BCUT2D eigenvalue weighted by molar-refractivity contribution is 0.452. The largest absolute Gasteiger partial charge is 0.356 e. The van der Waals surface area contributed by atoms with Crippen molar-refractivity contribution < 1.29 is 13.3 Å². The van der Waals surface area contributed by atoms with E-state index in [9.17, 15) is 8.78 Å². The van der Waals surface area contributed by atoms with Crippen LogP contribution in [0.15, 0.2) is 16.8 Å². The predicted octanol–water partition coefficient (Wildman–Crippen LogP) is 2.05. The lowest BCUT2D eigenvalue weighted by Gasteiger charge is -2.11. The predicted molar refractivity (Wildman–Crippen MR) is 49.0 cm³/mol. The number of halogens is 2. The molecule has 15 heavy (non-hydrogen) atoms. The highest BCUT2D eigenvalue weighted by atomic mass is 19.1. The Balaban J connectivity index is 2.37. The number of aromatic nitrogens is 1. The minimum absolute atomic E-state index is 0.0433. The van der Waals surface area contributed by atoms with Gasteiger partial charge >= 0.3 is 0 Å². The molecule has 0 aliphatic heterocycles. The second-order valence-electron chi connectivity index (χ2n) is 3.94. The fraction of sp³-hybridized carbons (Fsp3) is 0.300. The Kier molecular flexibility index (Phi) is 1.49. The van der Waals surface area contributed by atoms with Gasteiger partial charge in [0.2, 0.25) is 0 Å². The monoisotopic (exact) mass is 210 g/mol. The van der Waals surface area contributed by atoms with Gasteiger partial charge in [-0.2, -0.15) is 0 Å². The van der Waals surface area contributed by atoms with Gasteiger partial charge in [-0.1, -0.05) is 5.16 Å². The summed E-state index contributed by atoms with van der Waals surface area (Å²) in [5.74, 6) is -1.30. The molecule has 3 nitrogen and oxygen atoms in total. The summed E-state index contributed by atoms with van der Waals surface area (Å²) in [4.78, 5) is 0. The summed E-state index contributed by atoms with van der Waals surface area (Å²) in [5.41, 5.74) is 5.03. The molecular weight excluding hydrogens is 202 g/mol. The van der Waals surface area contributed by atoms with Crippen molar-refractivity contribution in [3.05, 3.63) is 29.5 Å². The number of nitrogens with two attached hydrogens (primary N) is 1. The molecule has 0 radical (unpaired) electrons. The summed E-state index contributed by atoms with van der Waals surface area (Å²) in [6.45, 7) is 0. The van der Waals surface area contributed by atoms with Crippen molar-refractivity contribution in [3.63, 3.8) is 0 Å². The van der Waals surface area contributed by atoms with Crippen LogP contribution in [0.1, 0.15) is 18.4 Å². The van der Waals surface area contributed by atoms with E-state index in [0.29, 0.717) is 12.8 Å². The number of nitrogens with zero attached hydrogens (tertiary/aromatic N) is 1. The molecule has 78 valence electrons. The van der Waals surface area contributed by atoms with Crippen LogP contribution in [0.5, 0.6) is 0 Å². The van der Waals surface area contributed by atoms with E-state index in [2.05, 4.69) is 5.16 Å². The molecule has 1 aromatic heterocycles. The first kappa shape index (κ1) is 8.79. The molecule has 0 spiro atoms. The molecule has 0 atom stereocenters. The van der Waals surface area contributed by atoms with Crippen molar-refractivity contribution in [3.8, 4) is 0 Å². The van der Waals surface area contributed by atoms with Gasteiger partial charge in [0, 0.05) is 17.2 Å². The van der Waals surface area contributed by atoms with Crippen molar-refractivity contribution in [2.45, 2.75) is 18.4 Å². The van der Waals surface area contributed by atoms with Gasteiger partial charge < -0.3 is 10.3 Å². The van der Waals surface area contributed by atoms with Crippen LogP contribution < -0.4 is 5.73 Å². The SMILES string of the molecule is NC1(c2c(F)cc3oncc3c2F)CC1. The molecule has 1 fully saturated rings. The van der Waals surface area contributed by atoms with Crippen LogP contribution >= 0.6 is 0 Å². The van der Waals surface area contributed by atoms with E-state index >= 15 is 0 Å². The molecule has 2 N–H and O–H groups in total. The van der Waals surface area contributed by atoms with Gasteiger partial charge in [0.1, 0.15) is 11.6 Å². The van der Waals surface area contributed by atoms with Crippen LogP contribution in [0.2, 0.25) is 0 Å². The Morgan fingerprint density at radius 1 is 1.40 bits per heavy atom. The zero-order chi connectivity index (χ0) is 10.6.